The molecule has 1 N–H and O–H groups in total. The molecular weight excluding hydrogens is 777 g/mol. The molecule has 4 aromatic rings. The number of nitrogens with one attached hydrogen (secondary N) is 1. The fourth-order valence-electron chi connectivity index (χ4n) is 6.85. The molecular formula is C45H68N2O6Si4. The second kappa shape index (κ2) is 16.2. The molecule has 3 aromatic carbocycles. The zero-order chi connectivity index (χ0) is 42.4. The Morgan fingerprint density at radius 1 is 0.596 bits per heavy atom. The van der Waals surface area contributed by atoms with Gasteiger partial charge in [0, 0.05) is 11.4 Å². The van der Waals surface area contributed by atoms with Crippen LogP contribution in [-0.4, -0.2) is 67.5 Å². The molecule has 0 spiro atoms. The van der Waals surface area contributed by atoms with Crippen molar-refractivity contribution in [3.05, 3.63) is 118 Å². The summed E-state index contributed by atoms with van der Waals surface area (Å²) in [5.41, 5.74) is -0.960. The highest BCUT2D eigenvalue weighted by Crippen LogP contribution is 2.46. The van der Waals surface area contributed by atoms with Gasteiger partial charge in [0.05, 0.1) is 6.61 Å². The van der Waals surface area contributed by atoms with E-state index in [1.54, 1.807) is 10.8 Å². The van der Waals surface area contributed by atoms with E-state index in [2.05, 4.69) is 143 Å². The third-order valence-electron chi connectivity index (χ3n) is 13.4. The van der Waals surface area contributed by atoms with Gasteiger partial charge in [-0.15, -0.1) is 0 Å². The number of hydrogen-bond acceptors (Lipinski definition) is 6. The van der Waals surface area contributed by atoms with Gasteiger partial charge in [-0.1, -0.05) is 153 Å². The maximum atomic E-state index is 14.6. The van der Waals surface area contributed by atoms with Gasteiger partial charge in [-0.2, -0.15) is 0 Å². The molecule has 8 nitrogen and oxygen atoms in total. The van der Waals surface area contributed by atoms with Gasteiger partial charge in [0.1, 0.15) is 18.3 Å². The quantitative estimate of drug-likeness (QED) is 0.117. The molecule has 0 saturated carbocycles. The molecule has 57 heavy (non-hydrogen) atoms. The second-order valence-corrected chi connectivity index (χ2v) is 38.5. The van der Waals surface area contributed by atoms with Crippen LogP contribution in [0.15, 0.2) is 107 Å². The fourth-order valence-corrected chi connectivity index (χ4v) is 15.2. The lowest BCUT2D eigenvalue weighted by Gasteiger charge is -2.44. The van der Waals surface area contributed by atoms with E-state index in [-0.39, 0.29) is 15.1 Å². The van der Waals surface area contributed by atoms with Gasteiger partial charge in [0.15, 0.2) is 39.3 Å². The van der Waals surface area contributed by atoms with Gasteiger partial charge >= 0.3 is 5.69 Å². The molecule has 1 aromatic heterocycles. The van der Waals surface area contributed by atoms with Crippen LogP contribution in [0.5, 0.6) is 0 Å². The van der Waals surface area contributed by atoms with Crippen molar-refractivity contribution in [1.29, 1.82) is 0 Å². The summed E-state index contributed by atoms with van der Waals surface area (Å²) in [5.74, 6) is 0. The molecule has 4 atom stereocenters. The zero-order valence-electron chi connectivity index (χ0n) is 37.2. The number of H-pyrrole nitrogens is 1. The monoisotopic (exact) mass is 844 g/mol. The number of aromatic amines is 1. The largest absolute Gasteiger partial charge is 0.414 e. The lowest BCUT2D eigenvalue weighted by Crippen LogP contribution is -2.78. The van der Waals surface area contributed by atoms with Gasteiger partial charge in [-0.3, -0.25) is 14.3 Å². The Labute approximate surface area is 345 Å². The Bertz CT molecular complexity index is 1990. The van der Waals surface area contributed by atoms with E-state index in [4.69, 9.17) is 18.0 Å². The number of benzene rings is 3. The average Bonchev–Trinajstić information content (AvgIpc) is 3.43. The minimum Gasteiger partial charge on any atom is -0.414 e. The number of aromatic nitrogens is 2. The normalized spacial score (nSPS) is 20.2. The topological polar surface area (TPSA) is 91.8 Å². The van der Waals surface area contributed by atoms with Crippen LogP contribution in [0.25, 0.3) is 0 Å². The average molecular weight is 845 g/mol. The summed E-state index contributed by atoms with van der Waals surface area (Å²) in [5, 5.41) is 3.33. The molecule has 12 heteroatoms. The minimum absolute atomic E-state index is 0.0249. The van der Waals surface area contributed by atoms with Crippen LogP contribution in [-0.2, 0) is 18.0 Å². The molecule has 0 radical (unpaired) electrons. The second-order valence-electron chi connectivity index (χ2n) is 20.4. The standard InChI is InChI=1S/C45H68N2O6Si4/c1-43(2,3)54(10,11)50-32-36-38(52-55(12,13)44(4,5)6)39(53-56(14,15)45(7,8)9)41(51-36)47-31-37(40(48)46-42(47)49)57(33-25-19-16-20-26-33,34-27-21-17-22-28-34)35-29-23-18-24-30-35/h16-31,36,38-39,41H,32H2,1-15H3,(H,46,48,49)/t36-,38-,39-,41-/m1/s1. The van der Waals surface area contributed by atoms with Gasteiger partial charge in [-0.05, 0) is 70.0 Å². The SMILES string of the molecule is CC(C)(C)[Si](C)(C)OC[C@H]1O[C@@H](n2cc([Si](c3ccccc3)(c3ccccc3)c3ccccc3)c(=O)[nH]c2=O)[C@H](O[Si](C)(C)C(C)(C)C)[C@@H]1O[Si](C)(C)C(C)(C)C. The van der Waals surface area contributed by atoms with Crippen molar-refractivity contribution in [3.63, 3.8) is 0 Å². The van der Waals surface area contributed by atoms with E-state index in [1.807, 2.05) is 54.6 Å². The highest BCUT2D eigenvalue weighted by Gasteiger charge is 2.55. The van der Waals surface area contributed by atoms with Crippen LogP contribution in [0.3, 0.4) is 0 Å². The van der Waals surface area contributed by atoms with Crippen molar-refractivity contribution in [2.45, 2.75) is 141 Å². The van der Waals surface area contributed by atoms with Crippen LogP contribution in [0.1, 0.15) is 68.5 Å². The molecule has 0 amide bonds. The molecule has 0 unspecified atom stereocenters. The lowest BCUT2D eigenvalue weighted by atomic mass is 10.1. The lowest BCUT2D eigenvalue weighted by molar-refractivity contribution is -0.0509. The number of ether oxygens (including phenoxy) is 1. The Morgan fingerprint density at radius 3 is 1.37 bits per heavy atom. The Kier molecular flexibility index (Phi) is 12.9. The number of hydrogen-bond donors (Lipinski definition) is 1. The number of nitrogens with zero attached hydrogens (tertiary/aromatic N) is 1. The summed E-state index contributed by atoms with van der Waals surface area (Å²) in [7, 11) is -10.5. The van der Waals surface area contributed by atoms with E-state index in [0.29, 0.717) is 11.8 Å². The molecule has 1 aliphatic heterocycles. The van der Waals surface area contributed by atoms with E-state index < -0.39 is 68.8 Å². The molecule has 310 valence electrons. The van der Waals surface area contributed by atoms with Crippen LogP contribution in [0, 0.1) is 0 Å². The Hall–Kier alpha value is -2.95. The van der Waals surface area contributed by atoms with E-state index in [0.717, 1.165) is 15.6 Å². The van der Waals surface area contributed by atoms with Crippen LogP contribution < -0.4 is 32.0 Å². The molecule has 0 bridgehead atoms. The van der Waals surface area contributed by atoms with Crippen molar-refractivity contribution in [1.82, 2.24) is 9.55 Å². The number of rotatable bonds is 12. The summed E-state index contributed by atoms with van der Waals surface area (Å²) < 4.78 is 30.5. The summed E-state index contributed by atoms with van der Waals surface area (Å²) >= 11 is 0. The molecule has 1 aliphatic rings. The first-order chi connectivity index (χ1) is 26.2. The minimum atomic E-state index is -3.34. The zero-order valence-corrected chi connectivity index (χ0v) is 41.2. The van der Waals surface area contributed by atoms with Gasteiger partial charge in [0.2, 0.25) is 0 Å². The third-order valence-corrected chi connectivity index (χ3v) is 31.7. The maximum Gasteiger partial charge on any atom is 0.330 e. The molecule has 0 aliphatic carbocycles. The predicted molar refractivity (Wildman–Crippen MR) is 246 cm³/mol. The highest BCUT2D eigenvalue weighted by molar-refractivity contribution is 7.19. The fraction of sp³-hybridized carbons (Fsp3) is 0.511. The summed E-state index contributed by atoms with van der Waals surface area (Å²) in [6, 6.07) is 30.7. The molecule has 2 heterocycles. The summed E-state index contributed by atoms with van der Waals surface area (Å²) in [6.45, 7) is 33.8. The molecule has 1 fully saturated rings. The van der Waals surface area contributed by atoms with Crippen molar-refractivity contribution in [3.8, 4) is 0 Å². The van der Waals surface area contributed by atoms with Crippen molar-refractivity contribution in [2.24, 2.45) is 0 Å². The van der Waals surface area contributed by atoms with E-state index >= 15 is 0 Å². The van der Waals surface area contributed by atoms with Crippen molar-refractivity contribution in [2.75, 3.05) is 6.61 Å². The Balaban J connectivity index is 1.81. The summed E-state index contributed by atoms with van der Waals surface area (Å²) in [6.07, 6.45) is -0.844. The van der Waals surface area contributed by atoms with Crippen LogP contribution >= 0.6 is 0 Å². The Morgan fingerprint density at radius 2 is 0.982 bits per heavy atom. The first-order valence-electron chi connectivity index (χ1n) is 20.4. The van der Waals surface area contributed by atoms with Gasteiger partial charge in [0.25, 0.3) is 5.56 Å². The van der Waals surface area contributed by atoms with Crippen molar-refractivity contribution < 1.29 is 18.0 Å². The van der Waals surface area contributed by atoms with E-state index in [9.17, 15) is 9.59 Å². The first kappa shape index (κ1) is 45.1. The van der Waals surface area contributed by atoms with Gasteiger partial charge < -0.3 is 18.0 Å². The molecule has 1 saturated heterocycles. The molecule has 5 rings (SSSR count). The first-order valence-corrected chi connectivity index (χ1v) is 31.1. The predicted octanol–water partition coefficient (Wildman–Crippen LogP) is 7.61. The van der Waals surface area contributed by atoms with Crippen LogP contribution in [0.2, 0.25) is 54.4 Å². The third kappa shape index (κ3) is 8.98. The van der Waals surface area contributed by atoms with Crippen molar-refractivity contribution >= 4 is 53.8 Å². The highest BCUT2D eigenvalue weighted by atomic mass is 28.4. The van der Waals surface area contributed by atoms with E-state index in [1.165, 1.54) is 0 Å². The van der Waals surface area contributed by atoms with Crippen LogP contribution in [0.4, 0.5) is 0 Å². The smallest absolute Gasteiger partial charge is 0.330 e. The summed E-state index contributed by atoms with van der Waals surface area (Å²) in [4.78, 5) is 31.9. The maximum absolute atomic E-state index is 14.6. The van der Waals surface area contributed by atoms with Gasteiger partial charge in [-0.25, -0.2) is 4.79 Å².